The van der Waals surface area contributed by atoms with Gasteiger partial charge in [-0.3, -0.25) is 0 Å². The van der Waals surface area contributed by atoms with E-state index >= 15 is 0 Å². The molecule has 0 saturated carbocycles. The molecule has 0 aliphatic rings. The molecule has 2 rings (SSSR count). The van der Waals surface area contributed by atoms with E-state index in [1.807, 2.05) is 19.1 Å². The van der Waals surface area contributed by atoms with Crippen LogP contribution in [0.15, 0.2) is 53.4 Å². The summed E-state index contributed by atoms with van der Waals surface area (Å²) in [4.78, 5) is 0.214. The summed E-state index contributed by atoms with van der Waals surface area (Å²) >= 11 is 11.8. The number of halogens is 2. The van der Waals surface area contributed by atoms with Crippen LogP contribution in [0.2, 0.25) is 10.0 Å². The predicted molar refractivity (Wildman–Crippen MR) is 106 cm³/mol. The van der Waals surface area contributed by atoms with Gasteiger partial charge < -0.3 is 5.11 Å². The zero-order valence-electron chi connectivity index (χ0n) is 14.6. The van der Waals surface area contributed by atoms with Crippen molar-refractivity contribution in [2.75, 3.05) is 13.2 Å². The number of sulfonamides is 1. The van der Waals surface area contributed by atoms with Crippen molar-refractivity contribution in [3.63, 3.8) is 0 Å². The summed E-state index contributed by atoms with van der Waals surface area (Å²) in [6.45, 7) is 2.73. The van der Waals surface area contributed by atoms with Crippen LogP contribution in [0.3, 0.4) is 0 Å². The van der Waals surface area contributed by atoms with Gasteiger partial charge in [0, 0.05) is 29.7 Å². The van der Waals surface area contributed by atoms with Gasteiger partial charge in [-0.05, 0) is 60.7 Å². The lowest BCUT2D eigenvalue weighted by Crippen LogP contribution is -2.32. The monoisotopic (exact) mass is 415 g/mol. The van der Waals surface area contributed by atoms with E-state index in [2.05, 4.69) is 0 Å². The average Bonchev–Trinajstić information content (AvgIpc) is 2.60. The quantitative estimate of drug-likeness (QED) is 0.651. The van der Waals surface area contributed by atoms with Gasteiger partial charge in [-0.25, -0.2) is 8.42 Å². The highest BCUT2D eigenvalue weighted by atomic mass is 35.5. The van der Waals surface area contributed by atoms with Crippen molar-refractivity contribution in [2.24, 2.45) is 5.92 Å². The minimum Gasteiger partial charge on any atom is -0.396 e. The van der Waals surface area contributed by atoms with Crippen LogP contribution in [0.1, 0.15) is 25.3 Å². The lowest BCUT2D eigenvalue weighted by Gasteiger charge is -2.24. The van der Waals surface area contributed by atoms with Crippen molar-refractivity contribution in [2.45, 2.75) is 31.2 Å². The molecule has 2 aromatic rings. The van der Waals surface area contributed by atoms with Gasteiger partial charge in [-0.2, -0.15) is 4.31 Å². The highest BCUT2D eigenvalue weighted by Gasteiger charge is 2.25. The highest BCUT2D eigenvalue weighted by molar-refractivity contribution is 7.89. The molecule has 4 nitrogen and oxygen atoms in total. The Balaban J connectivity index is 2.25. The smallest absolute Gasteiger partial charge is 0.243 e. The second-order valence-corrected chi connectivity index (χ2v) is 9.14. The fourth-order valence-corrected chi connectivity index (χ4v) is 4.26. The van der Waals surface area contributed by atoms with Crippen molar-refractivity contribution in [3.8, 4) is 0 Å². The third-order valence-corrected chi connectivity index (χ3v) is 6.58. The van der Waals surface area contributed by atoms with E-state index in [1.54, 1.807) is 24.3 Å². The summed E-state index contributed by atoms with van der Waals surface area (Å²) < 4.78 is 27.7. The maximum Gasteiger partial charge on any atom is 0.243 e. The summed E-state index contributed by atoms with van der Waals surface area (Å²) in [7, 11) is -3.66. The fourth-order valence-electron chi connectivity index (χ4n) is 2.56. The summed E-state index contributed by atoms with van der Waals surface area (Å²) in [6, 6.07) is 13.3. The Labute approximate surface area is 165 Å². The molecule has 0 saturated heterocycles. The van der Waals surface area contributed by atoms with E-state index in [1.165, 1.54) is 16.4 Å². The van der Waals surface area contributed by atoms with Crippen LogP contribution in [-0.2, 0) is 16.6 Å². The zero-order chi connectivity index (χ0) is 19.2. The maximum absolute atomic E-state index is 13.1. The second kappa shape index (κ2) is 9.72. The van der Waals surface area contributed by atoms with Gasteiger partial charge in [0.05, 0.1) is 4.90 Å². The van der Waals surface area contributed by atoms with Gasteiger partial charge in [0.15, 0.2) is 0 Å². The molecule has 1 unspecified atom stereocenters. The molecule has 1 N–H and O–H groups in total. The Kier molecular flexibility index (Phi) is 7.92. The van der Waals surface area contributed by atoms with Gasteiger partial charge in [-0.1, -0.05) is 42.3 Å². The van der Waals surface area contributed by atoms with E-state index < -0.39 is 10.0 Å². The number of benzene rings is 2. The SMILES string of the molecule is CC(CCO)CCN(Cc1ccc(Cl)cc1)S(=O)(=O)c1ccc(Cl)cc1. The number of hydrogen-bond acceptors (Lipinski definition) is 3. The van der Waals surface area contributed by atoms with Crippen molar-refractivity contribution in [1.29, 1.82) is 0 Å². The van der Waals surface area contributed by atoms with Gasteiger partial charge in [0.25, 0.3) is 0 Å². The number of hydrogen-bond donors (Lipinski definition) is 1. The maximum atomic E-state index is 13.1. The van der Waals surface area contributed by atoms with Gasteiger partial charge in [0.1, 0.15) is 0 Å². The molecule has 0 aliphatic heterocycles. The van der Waals surface area contributed by atoms with Gasteiger partial charge in [-0.15, -0.1) is 0 Å². The van der Waals surface area contributed by atoms with Crippen LogP contribution in [0.4, 0.5) is 0 Å². The zero-order valence-corrected chi connectivity index (χ0v) is 16.9. The van der Waals surface area contributed by atoms with Crippen LogP contribution in [0, 0.1) is 5.92 Å². The molecule has 0 amide bonds. The Morgan fingerprint density at radius 3 is 2.04 bits per heavy atom. The molecule has 0 bridgehead atoms. The number of aliphatic hydroxyl groups is 1. The van der Waals surface area contributed by atoms with Crippen LogP contribution in [0.25, 0.3) is 0 Å². The lowest BCUT2D eigenvalue weighted by atomic mass is 10.0. The van der Waals surface area contributed by atoms with E-state index in [9.17, 15) is 8.42 Å². The summed E-state index contributed by atoms with van der Waals surface area (Å²) in [5.41, 5.74) is 0.863. The van der Waals surface area contributed by atoms with Crippen LogP contribution in [-0.4, -0.2) is 31.0 Å². The summed E-state index contributed by atoms with van der Waals surface area (Å²) in [6.07, 6.45) is 1.32. The molecule has 0 heterocycles. The molecule has 142 valence electrons. The molecule has 1 atom stereocenters. The van der Waals surface area contributed by atoms with E-state index in [4.69, 9.17) is 28.3 Å². The van der Waals surface area contributed by atoms with Crippen molar-refractivity contribution >= 4 is 33.2 Å². The normalized spacial score (nSPS) is 13.1. The van der Waals surface area contributed by atoms with Crippen molar-refractivity contribution < 1.29 is 13.5 Å². The molecule has 0 fully saturated rings. The first-order valence-electron chi connectivity index (χ1n) is 8.44. The molecular formula is C19H23Cl2NO3S. The lowest BCUT2D eigenvalue weighted by molar-refractivity contribution is 0.251. The second-order valence-electron chi connectivity index (χ2n) is 6.33. The standard InChI is InChI=1S/C19H23Cl2NO3S/c1-15(11-13-23)10-12-22(14-16-2-4-17(20)5-3-16)26(24,25)19-8-6-18(21)7-9-19/h2-9,15,23H,10-14H2,1H3. The highest BCUT2D eigenvalue weighted by Crippen LogP contribution is 2.22. The predicted octanol–water partition coefficient (Wildman–Crippen LogP) is 4.59. The molecule has 26 heavy (non-hydrogen) atoms. The molecule has 0 aliphatic carbocycles. The molecular weight excluding hydrogens is 393 g/mol. The number of nitrogens with zero attached hydrogens (tertiary/aromatic N) is 1. The van der Waals surface area contributed by atoms with E-state index in [-0.39, 0.29) is 24.0 Å². The minimum atomic E-state index is -3.66. The van der Waals surface area contributed by atoms with Crippen molar-refractivity contribution in [1.82, 2.24) is 4.31 Å². The Morgan fingerprint density at radius 1 is 0.962 bits per heavy atom. The molecule has 0 radical (unpaired) electrons. The topological polar surface area (TPSA) is 57.6 Å². The Morgan fingerprint density at radius 2 is 1.50 bits per heavy atom. The average molecular weight is 416 g/mol. The Hall–Kier alpha value is -1.11. The van der Waals surface area contributed by atoms with Gasteiger partial charge in [0.2, 0.25) is 10.0 Å². The van der Waals surface area contributed by atoms with Gasteiger partial charge >= 0.3 is 0 Å². The molecule has 7 heteroatoms. The van der Waals surface area contributed by atoms with Crippen molar-refractivity contribution in [3.05, 3.63) is 64.1 Å². The molecule has 0 aromatic heterocycles. The van der Waals surface area contributed by atoms with Crippen LogP contribution in [0.5, 0.6) is 0 Å². The first-order chi connectivity index (χ1) is 12.3. The third-order valence-electron chi connectivity index (χ3n) is 4.22. The Bertz CT molecular complexity index is 793. The van der Waals surface area contributed by atoms with Crippen LogP contribution < -0.4 is 0 Å². The summed E-state index contributed by atoms with van der Waals surface area (Å²) in [5.74, 6) is 0.230. The summed E-state index contributed by atoms with van der Waals surface area (Å²) in [5, 5.41) is 10.2. The minimum absolute atomic E-state index is 0.0995. The van der Waals surface area contributed by atoms with Crippen LogP contribution >= 0.6 is 23.2 Å². The first-order valence-corrected chi connectivity index (χ1v) is 10.6. The largest absolute Gasteiger partial charge is 0.396 e. The van der Waals surface area contributed by atoms with E-state index in [0.717, 1.165) is 5.56 Å². The number of rotatable bonds is 9. The molecule has 2 aromatic carbocycles. The fraction of sp³-hybridized carbons (Fsp3) is 0.368. The third kappa shape index (κ3) is 5.96. The molecule has 0 spiro atoms. The van der Waals surface area contributed by atoms with E-state index in [0.29, 0.717) is 29.4 Å². The number of aliphatic hydroxyl groups excluding tert-OH is 1. The first kappa shape index (κ1) is 21.2.